The Morgan fingerprint density at radius 1 is 1.17 bits per heavy atom. The van der Waals surface area contributed by atoms with Gasteiger partial charge in [0.25, 0.3) is 0 Å². The highest BCUT2D eigenvalue weighted by atomic mass is 19.1. The number of aliphatic hydroxyl groups excluding tert-OH is 1. The van der Waals surface area contributed by atoms with E-state index in [1.807, 2.05) is 11.0 Å². The third-order valence-corrected chi connectivity index (χ3v) is 7.60. The van der Waals surface area contributed by atoms with Crippen molar-refractivity contribution in [1.82, 2.24) is 9.80 Å². The minimum absolute atomic E-state index is 0.0217. The molecule has 0 aromatic heterocycles. The van der Waals surface area contributed by atoms with Gasteiger partial charge in [-0.15, -0.1) is 0 Å². The van der Waals surface area contributed by atoms with Gasteiger partial charge in [-0.1, -0.05) is 12.1 Å². The van der Waals surface area contributed by atoms with Crippen molar-refractivity contribution in [3.05, 3.63) is 35.6 Å². The predicted octanol–water partition coefficient (Wildman–Crippen LogP) is 2.37. The molecule has 3 aliphatic heterocycles. The van der Waals surface area contributed by atoms with Gasteiger partial charge >= 0.3 is 0 Å². The highest BCUT2D eigenvalue weighted by molar-refractivity contribution is 5.80. The average molecular weight is 400 g/mol. The number of piperidine rings is 3. The van der Waals surface area contributed by atoms with Gasteiger partial charge in [0.15, 0.2) is 0 Å². The Balaban J connectivity index is 1.41. The maximum atomic E-state index is 13.8. The summed E-state index contributed by atoms with van der Waals surface area (Å²) in [5.41, 5.74) is 0.913. The largest absolute Gasteiger partial charge is 0.393 e. The third kappa shape index (κ3) is 3.45. The third-order valence-electron chi connectivity index (χ3n) is 7.60. The molecule has 29 heavy (non-hydrogen) atoms. The van der Waals surface area contributed by atoms with Crippen LogP contribution in [0.15, 0.2) is 24.3 Å². The van der Waals surface area contributed by atoms with Gasteiger partial charge in [0.2, 0.25) is 11.8 Å². The zero-order chi connectivity index (χ0) is 20.1. The first-order valence-electron chi connectivity index (χ1n) is 11.0. The molecule has 4 fully saturated rings. The Hall–Kier alpha value is -1.95. The van der Waals surface area contributed by atoms with E-state index < -0.39 is 0 Å². The summed E-state index contributed by atoms with van der Waals surface area (Å²) in [5.74, 6) is 0.653. The maximum absolute atomic E-state index is 13.8. The molecule has 1 N–H and O–H groups in total. The van der Waals surface area contributed by atoms with Crippen molar-refractivity contribution < 1.29 is 19.1 Å². The van der Waals surface area contributed by atoms with Gasteiger partial charge in [0.1, 0.15) is 5.82 Å². The zero-order valence-electron chi connectivity index (χ0n) is 16.7. The molecule has 0 radical (unpaired) electrons. The van der Waals surface area contributed by atoms with Gasteiger partial charge < -0.3 is 14.9 Å². The van der Waals surface area contributed by atoms with E-state index in [4.69, 9.17) is 0 Å². The van der Waals surface area contributed by atoms with E-state index in [1.54, 1.807) is 12.1 Å². The van der Waals surface area contributed by atoms with Crippen molar-refractivity contribution in [2.75, 3.05) is 13.1 Å². The highest BCUT2D eigenvalue weighted by Gasteiger charge is 2.50. The van der Waals surface area contributed by atoms with E-state index in [2.05, 4.69) is 4.90 Å². The van der Waals surface area contributed by atoms with E-state index >= 15 is 0 Å². The standard InChI is InChI=1S/C23H29FN2O3/c24-18-4-1-3-14(7-18)8-21-17-9-16(20-5-2-6-22(28)26(20)21)12-25(13-17)23(29)15-10-19(27)11-15/h1,3-4,7,15-17,19-21,27H,2,5-6,8-13H2/t15?,16-,17+,19?,20+,21+/m1/s1. The Kier molecular flexibility index (Phi) is 4.85. The second-order valence-corrected chi connectivity index (χ2v) is 9.48. The van der Waals surface area contributed by atoms with Crippen molar-refractivity contribution in [3.63, 3.8) is 0 Å². The minimum atomic E-state index is -0.333. The van der Waals surface area contributed by atoms with Gasteiger partial charge in [-0.3, -0.25) is 9.59 Å². The van der Waals surface area contributed by atoms with Crippen LogP contribution in [-0.2, 0) is 16.0 Å². The predicted molar refractivity (Wildman–Crippen MR) is 105 cm³/mol. The molecule has 2 amide bonds. The summed E-state index contributed by atoms with van der Waals surface area (Å²) in [6.07, 6.45) is 4.99. The molecule has 1 saturated carbocycles. The van der Waals surface area contributed by atoms with Gasteiger partial charge in [0.05, 0.1) is 6.10 Å². The number of halogens is 1. The monoisotopic (exact) mass is 400 g/mol. The highest BCUT2D eigenvalue weighted by Crippen LogP contribution is 2.43. The fourth-order valence-electron chi connectivity index (χ4n) is 6.17. The first kappa shape index (κ1) is 19.0. The fourth-order valence-corrected chi connectivity index (χ4v) is 6.17. The number of benzene rings is 1. The number of hydrogen-bond donors (Lipinski definition) is 1. The van der Waals surface area contributed by atoms with Crippen molar-refractivity contribution in [3.8, 4) is 0 Å². The van der Waals surface area contributed by atoms with Crippen LogP contribution in [-0.4, -0.2) is 58.0 Å². The van der Waals surface area contributed by atoms with Crippen LogP contribution in [0.5, 0.6) is 0 Å². The molecule has 1 aliphatic carbocycles. The Labute approximate surface area is 170 Å². The van der Waals surface area contributed by atoms with Crippen LogP contribution in [0.1, 0.15) is 44.1 Å². The molecule has 2 bridgehead atoms. The van der Waals surface area contributed by atoms with Crippen LogP contribution in [0.4, 0.5) is 4.39 Å². The van der Waals surface area contributed by atoms with Crippen molar-refractivity contribution in [2.24, 2.45) is 17.8 Å². The molecule has 4 atom stereocenters. The molecule has 6 heteroatoms. The molecule has 1 aromatic carbocycles. The molecule has 3 saturated heterocycles. The minimum Gasteiger partial charge on any atom is -0.393 e. The molecule has 0 spiro atoms. The molecule has 0 unspecified atom stereocenters. The lowest BCUT2D eigenvalue weighted by Gasteiger charge is -2.57. The summed E-state index contributed by atoms with van der Waals surface area (Å²) in [4.78, 5) is 30.0. The van der Waals surface area contributed by atoms with Crippen molar-refractivity contribution in [1.29, 1.82) is 0 Å². The number of nitrogens with zero attached hydrogens (tertiary/aromatic N) is 2. The molecular formula is C23H29FN2O3. The Morgan fingerprint density at radius 3 is 2.72 bits per heavy atom. The second kappa shape index (κ2) is 7.38. The molecule has 3 heterocycles. The zero-order valence-corrected chi connectivity index (χ0v) is 16.7. The number of likely N-dealkylation sites (tertiary alicyclic amines) is 1. The average Bonchev–Trinajstić information content (AvgIpc) is 2.68. The molecule has 156 valence electrons. The summed E-state index contributed by atoms with van der Waals surface area (Å²) in [6, 6.07) is 6.88. The summed E-state index contributed by atoms with van der Waals surface area (Å²) in [7, 11) is 0. The van der Waals surface area contributed by atoms with E-state index in [0.29, 0.717) is 38.1 Å². The van der Waals surface area contributed by atoms with E-state index in [9.17, 15) is 19.1 Å². The van der Waals surface area contributed by atoms with Crippen LogP contribution in [0.3, 0.4) is 0 Å². The Bertz CT molecular complexity index is 809. The van der Waals surface area contributed by atoms with Gasteiger partial charge in [0, 0.05) is 37.5 Å². The second-order valence-electron chi connectivity index (χ2n) is 9.48. The first-order chi connectivity index (χ1) is 14.0. The number of rotatable bonds is 3. The molecule has 5 nitrogen and oxygen atoms in total. The first-order valence-corrected chi connectivity index (χ1v) is 11.0. The summed E-state index contributed by atoms with van der Waals surface area (Å²) < 4.78 is 13.8. The SMILES string of the molecule is O=C(C1CC(O)C1)N1C[C@H]2C[C@@H](C1)[C@H](Cc1cccc(F)c1)N1C(=O)CCC[C@@H]21. The van der Waals surface area contributed by atoms with Crippen LogP contribution in [0.25, 0.3) is 0 Å². The lowest BCUT2D eigenvalue weighted by molar-refractivity contribution is -0.160. The van der Waals surface area contributed by atoms with Crippen LogP contribution >= 0.6 is 0 Å². The van der Waals surface area contributed by atoms with Crippen LogP contribution < -0.4 is 0 Å². The lowest BCUT2D eigenvalue weighted by atomic mass is 9.70. The quantitative estimate of drug-likeness (QED) is 0.847. The van der Waals surface area contributed by atoms with E-state index in [0.717, 1.165) is 31.4 Å². The van der Waals surface area contributed by atoms with Crippen LogP contribution in [0, 0.1) is 23.6 Å². The van der Waals surface area contributed by atoms with Crippen molar-refractivity contribution >= 4 is 11.8 Å². The number of fused-ring (bicyclic) bond motifs is 4. The van der Waals surface area contributed by atoms with E-state index in [-0.39, 0.29) is 47.7 Å². The normalized spacial score (nSPS) is 36.4. The van der Waals surface area contributed by atoms with E-state index in [1.165, 1.54) is 6.07 Å². The smallest absolute Gasteiger partial charge is 0.225 e. The Morgan fingerprint density at radius 2 is 1.97 bits per heavy atom. The lowest BCUT2D eigenvalue weighted by Crippen LogP contribution is -2.66. The number of hydrogen-bond acceptors (Lipinski definition) is 3. The number of amides is 2. The van der Waals surface area contributed by atoms with Gasteiger partial charge in [-0.25, -0.2) is 4.39 Å². The molecule has 5 rings (SSSR count). The summed E-state index contributed by atoms with van der Waals surface area (Å²) in [5, 5.41) is 9.59. The molecule has 1 aromatic rings. The number of carbonyl (C=O) groups excluding carboxylic acids is 2. The molecular weight excluding hydrogens is 371 g/mol. The maximum Gasteiger partial charge on any atom is 0.225 e. The molecule has 4 aliphatic rings. The van der Waals surface area contributed by atoms with Crippen molar-refractivity contribution in [2.45, 2.75) is 63.1 Å². The van der Waals surface area contributed by atoms with Gasteiger partial charge in [-0.05, 0) is 68.1 Å². The van der Waals surface area contributed by atoms with Crippen LogP contribution in [0.2, 0.25) is 0 Å². The summed E-state index contributed by atoms with van der Waals surface area (Å²) in [6.45, 7) is 1.39. The number of aliphatic hydroxyl groups is 1. The topological polar surface area (TPSA) is 60.9 Å². The summed E-state index contributed by atoms with van der Waals surface area (Å²) >= 11 is 0. The fraction of sp³-hybridized carbons (Fsp3) is 0.652. The number of carbonyl (C=O) groups is 2. The van der Waals surface area contributed by atoms with Gasteiger partial charge in [-0.2, -0.15) is 0 Å².